The van der Waals surface area contributed by atoms with E-state index in [0.29, 0.717) is 11.1 Å². The molecule has 1 fully saturated rings. The van der Waals surface area contributed by atoms with Crippen molar-refractivity contribution in [2.24, 2.45) is 5.92 Å². The van der Waals surface area contributed by atoms with Gasteiger partial charge in [0.15, 0.2) is 0 Å². The smallest absolute Gasteiger partial charge is 0.142 e. The summed E-state index contributed by atoms with van der Waals surface area (Å²) < 4.78 is 13.6. The van der Waals surface area contributed by atoms with Crippen molar-refractivity contribution in [3.63, 3.8) is 0 Å². The molecule has 0 amide bonds. The highest BCUT2D eigenvalue weighted by Crippen LogP contribution is 2.32. The van der Waals surface area contributed by atoms with E-state index in [1.165, 1.54) is 50.7 Å². The quantitative estimate of drug-likeness (QED) is 0.638. The molecule has 1 aliphatic carbocycles. The lowest BCUT2D eigenvalue weighted by molar-refractivity contribution is 0.266. The van der Waals surface area contributed by atoms with Crippen molar-refractivity contribution in [2.45, 2.75) is 64.5 Å². The SMILES string of the molecule is CCCC1CCC(NC(C)c2cc(F)c(Cl)cc2Cl)CC1. The second-order valence-electron chi connectivity index (χ2n) is 6.18. The summed E-state index contributed by atoms with van der Waals surface area (Å²) >= 11 is 11.9. The van der Waals surface area contributed by atoms with Crippen LogP contribution < -0.4 is 5.32 Å². The number of halogens is 3. The molecule has 4 heteroatoms. The molecule has 0 aliphatic heterocycles. The summed E-state index contributed by atoms with van der Waals surface area (Å²) in [6.45, 7) is 4.29. The summed E-state index contributed by atoms with van der Waals surface area (Å²) in [5, 5.41) is 4.20. The molecule has 1 nitrogen and oxygen atoms in total. The van der Waals surface area contributed by atoms with Crippen molar-refractivity contribution in [2.75, 3.05) is 0 Å². The molecule has 1 unspecified atom stereocenters. The van der Waals surface area contributed by atoms with E-state index in [1.54, 1.807) is 0 Å². The number of benzene rings is 1. The highest BCUT2D eigenvalue weighted by Gasteiger charge is 2.23. The van der Waals surface area contributed by atoms with Crippen molar-refractivity contribution in [1.82, 2.24) is 5.32 Å². The molecule has 0 radical (unpaired) electrons. The predicted molar refractivity (Wildman–Crippen MR) is 88.6 cm³/mol. The van der Waals surface area contributed by atoms with Crippen LogP contribution in [0.15, 0.2) is 12.1 Å². The molecule has 21 heavy (non-hydrogen) atoms. The molecule has 0 bridgehead atoms. The van der Waals surface area contributed by atoms with E-state index in [2.05, 4.69) is 12.2 Å². The van der Waals surface area contributed by atoms with Gasteiger partial charge in [-0.15, -0.1) is 0 Å². The van der Waals surface area contributed by atoms with Gasteiger partial charge < -0.3 is 5.32 Å². The Morgan fingerprint density at radius 2 is 1.86 bits per heavy atom. The molecular weight excluding hydrogens is 308 g/mol. The van der Waals surface area contributed by atoms with Gasteiger partial charge in [0.2, 0.25) is 0 Å². The van der Waals surface area contributed by atoms with Crippen LogP contribution in [0, 0.1) is 11.7 Å². The first-order chi connectivity index (χ1) is 10.0. The van der Waals surface area contributed by atoms with Crippen molar-refractivity contribution in [3.05, 3.63) is 33.6 Å². The Morgan fingerprint density at radius 1 is 1.19 bits per heavy atom. The Labute approximate surface area is 137 Å². The van der Waals surface area contributed by atoms with Crippen molar-refractivity contribution >= 4 is 23.2 Å². The summed E-state index contributed by atoms with van der Waals surface area (Å²) in [5.41, 5.74) is 0.786. The maximum absolute atomic E-state index is 13.6. The Balaban J connectivity index is 1.93. The third-order valence-electron chi connectivity index (χ3n) is 4.54. The Kier molecular flexibility index (Phi) is 6.34. The van der Waals surface area contributed by atoms with Gasteiger partial charge in [0.05, 0.1) is 5.02 Å². The van der Waals surface area contributed by atoms with Gasteiger partial charge in [0.25, 0.3) is 0 Å². The van der Waals surface area contributed by atoms with Crippen LogP contribution in [-0.4, -0.2) is 6.04 Å². The van der Waals surface area contributed by atoms with Crippen LogP contribution in [0.5, 0.6) is 0 Å². The normalized spacial score (nSPS) is 24.0. The summed E-state index contributed by atoms with van der Waals surface area (Å²) in [6, 6.07) is 3.48. The first-order valence-electron chi connectivity index (χ1n) is 7.91. The van der Waals surface area contributed by atoms with E-state index in [4.69, 9.17) is 23.2 Å². The molecule has 1 aromatic rings. The lowest BCUT2D eigenvalue weighted by Gasteiger charge is -2.31. The van der Waals surface area contributed by atoms with E-state index in [-0.39, 0.29) is 11.1 Å². The van der Waals surface area contributed by atoms with Crippen LogP contribution in [0.25, 0.3) is 0 Å². The van der Waals surface area contributed by atoms with Crippen LogP contribution in [0.3, 0.4) is 0 Å². The van der Waals surface area contributed by atoms with Crippen LogP contribution in [0.2, 0.25) is 10.0 Å². The first-order valence-corrected chi connectivity index (χ1v) is 8.67. The summed E-state index contributed by atoms with van der Waals surface area (Å²) in [5.74, 6) is 0.483. The minimum absolute atomic E-state index is 0.0389. The molecule has 1 aromatic carbocycles. The zero-order chi connectivity index (χ0) is 15.4. The minimum Gasteiger partial charge on any atom is -0.307 e. The maximum atomic E-state index is 13.6. The van der Waals surface area contributed by atoms with Crippen LogP contribution in [-0.2, 0) is 0 Å². The van der Waals surface area contributed by atoms with Gasteiger partial charge in [-0.1, -0.05) is 43.0 Å². The zero-order valence-electron chi connectivity index (χ0n) is 12.8. The Bertz CT molecular complexity index is 470. The number of rotatable bonds is 5. The third-order valence-corrected chi connectivity index (χ3v) is 5.15. The van der Waals surface area contributed by atoms with Gasteiger partial charge in [-0.25, -0.2) is 4.39 Å². The molecule has 1 atom stereocenters. The lowest BCUT2D eigenvalue weighted by atomic mass is 9.83. The van der Waals surface area contributed by atoms with Gasteiger partial charge in [0.1, 0.15) is 5.82 Å². The standard InChI is InChI=1S/C17H24Cl2FN/c1-3-4-12-5-7-13(8-6-12)21-11(2)14-9-17(20)16(19)10-15(14)18/h9-13,21H,3-8H2,1-2H3. The third kappa shape index (κ3) is 4.58. The summed E-state index contributed by atoms with van der Waals surface area (Å²) in [6.07, 6.45) is 7.60. The number of hydrogen-bond donors (Lipinski definition) is 1. The predicted octanol–water partition coefficient (Wildman–Crippen LogP) is 6.14. The van der Waals surface area contributed by atoms with Crippen LogP contribution in [0.4, 0.5) is 4.39 Å². The Hall–Kier alpha value is -0.310. The van der Waals surface area contributed by atoms with E-state index in [0.717, 1.165) is 11.5 Å². The van der Waals surface area contributed by atoms with E-state index in [1.807, 2.05) is 6.92 Å². The van der Waals surface area contributed by atoms with E-state index in [9.17, 15) is 4.39 Å². The largest absolute Gasteiger partial charge is 0.307 e. The molecule has 0 aromatic heterocycles. The summed E-state index contributed by atoms with van der Waals surface area (Å²) in [7, 11) is 0. The fourth-order valence-corrected chi connectivity index (χ4v) is 3.89. The monoisotopic (exact) mass is 331 g/mol. The first kappa shape index (κ1) is 17.1. The fraction of sp³-hybridized carbons (Fsp3) is 0.647. The lowest BCUT2D eigenvalue weighted by Crippen LogP contribution is -2.35. The highest BCUT2D eigenvalue weighted by molar-refractivity contribution is 6.35. The molecule has 2 rings (SSSR count). The van der Waals surface area contributed by atoms with E-state index < -0.39 is 5.82 Å². The maximum Gasteiger partial charge on any atom is 0.142 e. The summed E-state index contributed by atoms with van der Waals surface area (Å²) in [4.78, 5) is 0. The van der Waals surface area contributed by atoms with Gasteiger partial charge >= 0.3 is 0 Å². The van der Waals surface area contributed by atoms with Gasteiger partial charge in [-0.3, -0.25) is 0 Å². The topological polar surface area (TPSA) is 12.0 Å². The second-order valence-corrected chi connectivity index (χ2v) is 7.00. The van der Waals surface area contributed by atoms with E-state index >= 15 is 0 Å². The van der Waals surface area contributed by atoms with Crippen molar-refractivity contribution < 1.29 is 4.39 Å². The minimum atomic E-state index is -0.406. The molecule has 118 valence electrons. The highest BCUT2D eigenvalue weighted by atomic mass is 35.5. The van der Waals surface area contributed by atoms with Crippen molar-refractivity contribution in [3.8, 4) is 0 Å². The average Bonchev–Trinajstić information content (AvgIpc) is 2.45. The van der Waals surface area contributed by atoms with Gasteiger partial charge in [0, 0.05) is 17.1 Å². The molecule has 0 heterocycles. The van der Waals surface area contributed by atoms with Gasteiger partial charge in [-0.2, -0.15) is 0 Å². The molecule has 1 N–H and O–H groups in total. The molecule has 1 aliphatic rings. The fourth-order valence-electron chi connectivity index (χ4n) is 3.34. The van der Waals surface area contributed by atoms with Crippen LogP contribution in [0.1, 0.15) is 64.0 Å². The average molecular weight is 332 g/mol. The molecular formula is C17H24Cl2FN. The Morgan fingerprint density at radius 3 is 2.48 bits per heavy atom. The molecule has 1 saturated carbocycles. The molecule has 0 saturated heterocycles. The number of nitrogens with one attached hydrogen (secondary N) is 1. The zero-order valence-corrected chi connectivity index (χ0v) is 14.3. The van der Waals surface area contributed by atoms with Gasteiger partial charge in [-0.05, 0) is 56.2 Å². The van der Waals surface area contributed by atoms with Crippen molar-refractivity contribution in [1.29, 1.82) is 0 Å². The number of hydrogen-bond acceptors (Lipinski definition) is 1. The second kappa shape index (κ2) is 7.80. The van der Waals surface area contributed by atoms with Crippen LogP contribution >= 0.6 is 23.2 Å². The molecule has 0 spiro atoms.